The summed E-state index contributed by atoms with van der Waals surface area (Å²) < 4.78 is 76.4. The number of carboxylic acid groups (broad SMARTS) is 1. The van der Waals surface area contributed by atoms with E-state index in [2.05, 4.69) is 0 Å². The van der Waals surface area contributed by atoms with E-state index in [1.807, 2.05) is 5.32 Å². The molecule has 0 spiro atoms. The summed E-state index contributed by atoms with van der Waals surface area (Å²) in [5, 5.41) is 10.4. The number of alkyl halides is 6. The number of amides is 2. The highest BCUT2D eigenvalue weighted by Crippen LogP contribution is 2.36. The molecule has 2 amide bonds. The lowest BCUT2D eigenvalue weighted by Crippen LogP contribution is -2.46. The lowest BCUT2D eigenvalue weighted by atomic mass is 10.0. The van der Waals surface area contributed by atoms with Gasteiger partial charge in [-0.3, -0.25) is 14.4 Å². The first kappa shape index (κ1) is 21.3. The number of halogens is 6. The van der Waals surface area contributed by atoms with Crippen LogP contribution in [0.2, 0.25) is 0 Å². The van der Waals surface area contributed by atoms with Crippen LogP contribution in [0.5, 0.6) is 0 Å². The molecule has 1 atom stereocenters. The van der Waals surface area contributed by atoms with Crippen molar-refractivity contribution < 1.29 is 45.8 Å². The van der Waals surface area contributed by atoms with Crippen LogP contribution in [-0.2, 0) is 33.2 Å². The number of carboxylic acids is 1. The minimum Gasteiger partial charge on any atom is -0.481 e. The van der Waals surface area contributed by atoms with Crippen molar-refractivity contribution in [3.8, 4) is 0 Å². The number of benzene rings is 1. The summed E-state index contributed by atoms with van der Waals surface area (Å²) in [4.78, 5) is 33.4. The molecule has 26 heavy (non-hydrogen) atoms. The third-order valence-corrected chi connectivity index (χ3v) is 3.07. The van der Waals surface area contributed by atoms with Gasteiger partial charge in [0.05, 0.1) is 24.0 Å². The fourth-order valence-electron chi connectivity index (χ4n) is 1.95. The molecule has 144 valence electrons. The molecule has 4 N–H and O–H groups in total. The standard InChI is InChI=1S/C14H12F6N2O4/c15-13(16,17)7-1-6(2-8(4-7)14(18,19)20)3-10(23)22-9(12(21)26)5-11(24)25/h1-2,4,9H,3,5H2,(H2,21,26)(H,22,23)(H,24,25)/t9-/m1/s1. The first-order chi connectivity index (χ1) is 11.7. The van der Waals surface area contributed by atoms with Crippen LogP contribution < -0.4 is 11.1 Å². The largest absolute Gasteiger partial charge is 0.481 e. The van der Waals surface area contributed by atoms with Crippen LogP contribution in [0.25, 0.3) is 0 Å². The van der Waals surface area contributed by atoms with E-state index >= 15 is 0 Å². The van der Waals surface area contributed by atoms with Gasteiger partial charge >= 0.3 is 18.3 Å². The van der Waals surface area contributed by atoms with Crippen LogP contribution in [0.3, 0.4) is 0 Å². The predicted molar refractivity (Wildman–Crippen MR) is 73.5 cm³/mol. The molecule has 0 fully saturated rings. The molecule has 1 rings (SSSR count). The summed E-state index contributed by atoms with van der Waals surface area (Å²) >= 11 is 0. The maximum atomic E-state index is 12.7. The third kappa shape index (κ3) is 6.26. The van der Waals surface area contributed by atoms with E-state index in [0.29, 0.717) is 12.1 Å². The molecule has 6 nitrogen and oxygen atoms in total. The normalized spacial score (nSPS) is 13.2. The number of nitrogens with one attached hydrogen (secondary N) is 1. The molecule has 0 heterocycles. The van der Waals surface area contributed by atoms with Crippen molar-refractivity contribution >= 4 is 17.8 Å². The average Bonchev–Trinajstić information content (AvgIpc) is 2.43. The van der Waals surface area contributed by atoms with Crippen molar-refractivity contribution in [1.82, 2.24) is 5.32 Å². The Morgan fingerprint density at radius 1 is 1.00 bits per heavy atom. The summed E-state index contributed by atoms with van der Waals surface area (Å²) in [5.74, 6) is -3.88. The summed E-state index contributed by atoms with van der Waals surface area (Å²) in [6.07, 6.45) is -12.0. The van der Waals surface area contributed by atoms with Crippen LogP contribution in [0, 0.1) is 0 Å². The number of hydrogen-bond donors (Lipinski definition) is 3. The highest BCUT2D eigenvalue weighted by atomic mass is 19.4. The Hall–Kier alpha value is -2.79. The zero-order chi connectivity index (χ0) is 20.3. The van der Waals surface area contributed by atoms with Crippen LogP contribution in [0.1, 0.15) is 23.1 Å². The van der Waals surface area contributed by atoms with Crippen molar-refractivity contribution in [3.63, 3.8) is 0 Å². The smallest absolute Gasteiger partial charge is 0.416 e. The molecular formula is C14H12F6N2O4. The Morgan fingerprint density at radius 3 is 1.81 bits per heavy atom. The van der Waals surface area contributed by atoms with Crippen molar-refractivity contribution in [2.45, 2.75) is 31.2 Å². The van der Waals surface area contributed by atoms with Crippen LogP contribution in [0.15, 0.2) is 18.2 Å². The monoisotopic (exact) mass is 386 g/mol. The van der Waals surface area contributed by atoms with E-state index in [9.17, 15) is 40.7 Å². The van der Waals surface area contributed by atoms with Gasteiger partial charge in [0.1, 0.15) is 6.04 Å². The lowest BCUT2D eigenvalue weighted by molar-refractivity contribution is -0.143. The minimum absolute atomic E-state index is 0.0992. The zero-order valence-corrected chi connectivity index (χ0v) is 12.7. The molecule has 0 radical (unpaired) electrons. The number of hydrogen-bond acceptors (Lipinski definition) is 3. The number of rotatable bonds is 6. The molecule has 0 saturated heterocycles. The van der Waals surface area contributed by atoms with E-state index < -0.39 is 65.7 Å². The van der Waals surface area contributed by atoms with Gasteiger partial charge in [0.15, 0.2) is 0 Å². The molecule has 0 aliphatic rings. The highest BCUT2D eigenvalue weighted by Gasteiger charge is 2.37. The zero-order valence-electron chi connectivity index (χ0n) is 12.7. The van der Waals surface area contributed by atoms with Crippen molar-refractivity contribution in [1.29, 1.82) is 0 Å². The van der Waals surface area contributed by atoms with Gasteiger partial charge in [-0.05, 0) is 23.8 Å². The lowest BCUT2D eigenvalue weighted by Gasteiger charge is -2.16. The second-order valence-corrected chi connectivity index (χ2v) is 5.21. The maximum Gasteiger partial charge on any atom is 0.416 e. The first-order valence-corrected chi connectivity index (χ1v) is 6.79. The van der Waals surface area contributed by atoms with E-state index in [4.69, 9.17) is 10.8 Å². The number of primary amides is 1. The van der Waals surface area contributed by atoms with E-state index in [1.54, 1.807) is 0 Å². The van der Waals surface area contributed by atoms with Gasteiger partial charge in [-0.1, -0.05) is 0 Å². The highest BCUT2D eigenvalue weighted by molar-refractivity contribution is 5.90. The molecular weight excluding hydrogens is 374 g/mol. The molecule has 0 saturated carbocycles. The van der Waals surface area contributed by atoms with Gasteiger partial charge in [-0.15, -0.1) is 0 Å². The SMILES string of the molecule is NC(=O)[C@@H](CC(=O)O)NC(=O)Cc1cc(C(F)(F)F)cc(C(F)(F)F)c1. The Bertz CT molecular complexity index is 682. The Morgan fingerprint density at radius 2 is 1.46 bits per heavy atom. The van der Waals surface area contributed by atoms with Gasteiger partial charge < -0.3 is 16.2 Å². The van der Waals surface area contributed by atoms with Gasteiger partial charge in [0.25, 0.3) is 0 Å². The molecule has 0 unspecified atom stereocenters. The predicted octanol–water partition coefficient (Wildman–Crippen LogP) is 1.71. The molecule has 0 aliphatic heterocycles. The van der Waals surface area contributed by atoms with Gasteiger partial charge in [-0.2, -0.15) is 26.3 Å². The van der Waals surface area contributed by atoms with Crippen LogP contribution >= 0.6 is 0 Å². The number of aliphatic carboxylic acids is 1. The fourth-order valence-corrected chi connectivity index (χ4v) is 1.95. The molecule has 0 aliphatic carbocycles. The van der Waals surface area contributed by atoms with E-state index in [0.717, 1.165) is 0 Å². The number of carbonyl (C=O) groups excluding carboxylic acids is 2. The Balaban J connectivity index is 3.09. The van der Waals surface area contributed by atoms with Crippen LogP contribution in [0.4, 0.5) is 26.3 Å². The van der Waals surface area contributed by atoms with Crippen molar-refractivity contribution in [3.05, 3.63) is 34.9 Å². The van der Waals surface area contributed by atoms with Crippen LogP contribution in [-0.4, -0.2) is 28.9 Å². The molecule has 12 heteroatoms. The summed E-state index contributed by atoms with van der Waals surface area (Å²) in [6.45, 7) is 0. The molecule has 1 aromatic rings. The number of nitrogens with two attached hydrogens (primary N) is 1. The van der Waals surface area contributed by atoms with Crippen molar-refractivity contribution in [2.24, 2.45) is 5.73 Å². The second kappa shape index (κ2) is 7.62. The van der Waals surface area contributed by atoms with Gasteiger partial charge in [0, 0.05) is 0 Å². The summed E-state index contributed by atoms with van der Waals surface area (Å²) in [6, 6.07) is -1.05. The first-order valence-electron chi connectivity index (χ1n) is 6.79. The van der Waals surface area contributed by atoms with Gasteiger partial charge in [0.2, 0.25) is 11.8 Å². The summed E-state index contributed by atoms with van der Waals surface area (Å²) in [5.41, 5.74) is 1.04. The fraction of sp³-hybridized carbons (Fsp3) is 0.357. The van der Waals surface area contributed by atoms with E-state index in [1.165, 1.54) is 0 Å². The average molecular weight is 386 g/mol. The van der Waals surface area contributed by atoms with E-state index in [-0.39, 0.29) is 6.07 Å². The number of carbonyl (C=O) groups is 3. The second-order valence-electron chi connectivity index (χ2n) is 5.21. The third-order valence-electron chi connectivity index (χ3n) is 3.07. The topological polar surface area (TPSA) is 109 Å². The van der Waals surface area contributed by atoms with Gasteiger partial charge in [-0.25, -0.2) is 0 Å². The Labute approximate surface area is 142 Å². The van der Waals surface area contributed by atoms with Crippen molar-refractivity contribution in [2.75, 3.05) is 0 Å². The maximum absolute atomic E-state index is 12.7. The Kier molecular flexibility index (Phi) is 6.23. The molecule has 1 aromatic carbocycles. The molecule has 0 aromatic heterocycles. The minimum atomic E-state index is -5.08. The molecule has 0 bridgehead atoms. The summed E-state index contributed by atoms with van der Waals surface area (Å²) in [7, 11) is 0. The quantitative estimate of drug-likeness (QED) is 0.647.